The SMILES string of the molecule is Cc1ccc(C)c(S(=O)(=O)N(C)CC(C)c2cccc3c2O3)c1. The van der Waals surface area contributed by atoms with Crippen LogP contribution in [0, 0.1) is 13.8 Å². The first-order chi connectivity index (χ1) is 10.8. The van der Waals surface area contributed by atoms with Gasteiger partial charge in [-0.1, -0.05) is 31.2 Å². The van der Waals surface area contributed by atoms with Crippen molar-refractivity contribution in [1.29, 1.82) is 0 Å². The molecular weight excluding hydrogens is 310 g/mol. The molecule has 3 rings (SSSR count). The number of para-hydroxylation sites is 1. The van der Waals surface area contributed by atoms with Crippen LogP contribution in [0.25, 0.3) is 0 Å². The molecular formula is C18H21NO3S. The van der Waals surface area contributed by atoms with Gasteiger partial charge in [0.25, 0.3) is 0 Å². The number of nitrogens with zero attached hydrogens (tertiary/aromatic N) is 1. The Morgan fingerprint density at radius 3 is 2.65 bits per heavy atom. The number of likely N-dealkylation sites (N-methyl/N-ethyl adjacent to an activating group) is 1. The largest absolute Gasteiger partial charge is 0.449 e. The number of fused-ring (bicyclic) bond motifs is 1. The molecule has 0 saturated heterocycles. The van der Waals surface area contributed by atoms with Gasteiger partial charge in [-0.15, -0.1) is 0 Å². The van der Waals surface area contributed by atoms with Crippen LogP contribution in [0.15, 0.2) is 41.3 Å². The number of rotatable bonds is 5. The summed E-state index contributed by atoms with van der Waals surface area (Å²) in [5, 5.41) is 0. The highest BCUT2D eigenvalue weighted by Crippen LogP contribution is 2.50. The lowest BCUT2D eigenvalue weighted by Crippen LogP contribution is -2.31. The topological polar surface area (TPSA) is 49.9 Å². The minimum absolute atomic E-state index is 0.0670. The average molecular weight is 331 g/mol. The summed E-state index contributed by atoms with van der Waals surface area (Å²) in [6, 6.07) is 11.4. The van der Waals surface area contributed by atoms with Crippen LogP contribution in [0.3, 0.4) is 0 Å². The summed E-state index contributed by atoms with van der Waals surface area (Å²) in [6.07, 6.45) is 0. The molecule has 0 N–H and O–H groups in total. The predicted octanol–water partition coefficient (Wildman–Crippen LogP) is 3.83. The highest BCUT2D eigenvalue weighted by atomic mass is 32.2. The van der Waals surface area contributed by atoms with Gasteiger partial charge in [-0.25, -0.2) is 12.7 Å². The molecule has 1 aliphatic heterocycles. The molecule has 2 aromatic carbocycles. The zero-order valence-electron chi connectivity index (χ0n) is 13.8. The maximum Gasteiger partial charge on any atom is 0.243 e. The fraction of sp³-hybridized carbons (Fsp3) is 0.333. The second-order valence-electron chi connectivity index (χ2n) is 6.23. The van der Waals surface area contributed by atoms with Crippen molar-refractivity contribution in [3.05, 3.63) is 53.1 Å². The van der Waals surface area contributed by atoms with Crippen molar-refractivity contribution in [3.63, 3.8) is 0 Å². The number of aryl methyl sites for hydroxylation is 2. The van der Waals surface area contributed by atoms with Gasteiger partial charge in [0.05, 0.1) is 4.90 Å². The van der Waals surface area contributed by atoms with Crippen molar-refractivity contribution in [2.75, 3.05) is 13.6 Å². The maximum absolute atomic E-state index is 12.9. The smallest absolute Gasteiger partial charge is 0.243 e. The van der Waals surface area contributed by atoms with Crippen molar-refractivity contribution in [2.45, 2.75) is 31.6 Å². The van der Waals surface area contributed by atoms with Gasteiger partial charge in [0.15, 0.2) is 11.5 Å². The lowest BCUT2D eigenvalue weighted by molar-refractivity contribution is 0.444. The molecule has 1 heterocycles. The van der Waals surface area contributed by atoms with E-state index in [2.05, 4.69) is 0 Å². The van der Waals surface area contributed by atoms with Gasteiger partial charge in [-0.05, 0) is 43.0 Å². The summed E-state index contributed by atoms with van der Waals surface area (Å²) in [5.74, 6) is 1.87. The zero-order chi connectivity index (χ0) is 16.8. The molecule has 4 nitrogen and oxygen atoms in total. The van der Waals surface area contributed by atoms with E-state index in [1.54, 1.807) is 13.1 Å². The summed E-state index contributed by atoms with van der Waals surface area (Å²) < 4.78 is 32.6. The molecule has 122 valence electrons. The first kappa shape index (κ1) is 16.0. The Kier molecular flexibility index (Phi) is 3.94. The van der Waals surface area contributed by atoms with Gasteiger partial charge in [-0.2, -0.15) is 0 Å². The quantitative estimate of drug-likeness (QED) is 0.668. The minimum Gasteiger partial charge on any atom is -0.449 e. The first-order valence-electron chi connectivity index (χ1n) is 7.65. The van der Waals surface area contributed by atoms with Crippen LogP contribution < -0.4 is 4.74 Å². The number of ether oxygens (including phenoxy) is 1. The fourth-order valence-electron chi connectivity index (χ4n) is 2.83. The minimum atomic E-state index is -3.50. The van der Waals surface area contributed by atoms with Crippen LogP contribution >= 0.6 is 0 Å². The van der Waals surface area contributed by atoms with E-state index < -0.39 is 10.0 Å². The Balaban J connectivity index is 1.83. The molecule has 0 saturated carbocycles. The van der Waals surface area contributed by atoms with E-state index in [-0.39, 0.29) is 5.92 Å². The molecule has 0 aliphatic carbocycles. The lowest BCUT2D eigenvalue weighted by Gasteiger charge is -2.22. The summed E-state index contributed by atoms with van der Waals surface area (Å²) >= 11 is 0. The average Bonchev–Trinajstić information content (AvgIpc) is 3.28. The van der Waals surface area contributed by atoms with Crippen molar-refractivity contribution >= 4 is 10.0 Å². The lowest BCUT2D eigenvalue weighted by atomic mass is 10.0. The first-order valence-corrected chi connectivity index (χ1v) is 9.09. The second kappa shape index (κ2) is 5.65. The second-order valence-corrected chi connectivity index (χ2v) is 8.25. The van der Waals surface area contributed by atoms with Gasteiger partial charge >= 0.3 is 0 Å². The molecule has 1 aliphatic rings. The van der Waals surface area contributed by atoms with Crippen LogP contribution in [0.5, 0.6) is 11.5 Å². The molecule has 0 spiro atoms. The van der Waals surface area contributed by atoms with Crippen molar-refractivity contribution in [3.8, 4) is 11.5 Å². The van der Waals surface area contributed by atoms with E-state index in [1.807, 2.05) is 51.1 Å². The third kappa shape index (κ3) is 2.99. The molecule has 1 unspecified atom stereocenters. The Bertz CT molecular complexity index is 859. The van der Waals surface area contributed by atoms with E-state index in [0.29, 0.717) is 11.4 Å². The molecule has 1 atom stereocenters. The van der Waals surface area contributed by atoms with Gasteiger partial charge in [0.1, 0.15) is 0 Å². The molecule has 0 radical (unpaired) electrons. The van der Waals surface area contributed by atoms with Crippen molar-refractivity contribution < 1.29 is 13.2 Å². The Morgan fingerprint density at radius 1 is 1.17 bits per heavy atom. The molecule has 5 heteroatoms. The highest BCUT2D eigenvalue weighted by molar-refractivity contribution is 7.89. The van der Waals surface area contributed by atoms with Crippen LogP contribution in [-0.2, 0) is 10.0 Å². The van der Waals surface area contributed by atoms with Crippen LogP contribution in [0.1, 0.15) is 29.5 Å². The third-order valence-corrected chi connectivity index (χ3v) is 6.24. The van der Waals surface area contributed by atoms with Gasteiger partial charge in [0.2, 0.25) is 10.0 Å². The molecule has 0 fully saturated rings. The summed E-state index contributed by atoms with van der Waals surface area (Å²) in [4.78, 5) is 0.382. The summed E-state index contributed by atoms with van der Waals surface area (Å²) in [7, 11) is -1.86. The normalized spacial score (nSPS) is 14.3. The van der Waals surface area contributed by atoms with Crippen LogP contribution in [0.4, 0.5) is 0 Å². The van der Waals surface area contributed by atoms with Crippen LogP contribution in [-0.4, -0.2) is 26.3 Å². The number of sulfonamides is 1. The van der Waals surface area contributed by atoms with Crippen molar-refractivity contribution in [2.24, 2.45) is 0 Å². The summed E-state index contributed by atoms with van der Waals surface area (Å²) in [5.41, 5.74) is 2.77. The van der Waals surface area contributed by atoms with Gasteiger partial charge in [0, 0.05) is 19.2 Å². The molecule has 23 heavy (non-hydrogen) atoms. The zero-order valence-corrected chi connectivity index (χ0v) is 14.6. The van der Waals surface area contributed by atoms with E-state index in [4.69, 9.17) is 4.74 Å². The van der Waals surface area contributed by atoms with E-state index in [1.165, 1.54) is 4.31 Å². The van der Waals surface area contributed by atoms with E-state index in [9.17, 15) is 8.42 Å². The van der Waals surface area contributed by atoms with Gasteiger partial charge < -0.3 is 4.74 Å². The Hall–Kier alpha value is -1.85. The van der Waals surface area contributed by atoms with Crippen molar-refractivity contribution in [1.82, 2.24) is 4.31 Å². The Morgan fingerprint density at radius 2 is 1.91 bits per heavy atom. The number of hydrogen-bond donors (Lipinski definition) is 0. The van der Waals surface area contributed by atoms with E-state index in [0.717, 1.165) is 28.2 Å². The maximum atomic E-state index is 12.9. The summed E-state index contributed by atoms with van der Waals surface area (Å²) in [6.45, 7) is 6.16. The van der Waals surface area contributed by atoms with Gasteiger partial charge in [-0.3, -0.25) is 0 Å². The molecule has 0 aromatic heterocycles. The van der Waals surface area contributed by atoms with Crippen LogP contribution in [0.2, 0.25) is 0 Å². The predicted molar refractivity (Wildman–Crippen MR) is 90.7 cm³/mol. The fourth-order valence-corrected chi connectivity index (χ4v) is 4.40. The third-order valence-electron chi connectivity index (χ3n) is 4.27. The molecule has 0 amide bonds. The van der Waals surface area contributed by atoms with E-state index >= 15 is 0 Å². The standard InChI is InChI=1S/C18H21NO3S/c1-12-8-9-13(2)17(10-12)23(20,21)19(4)11-14(3)15-6-5-7-16-18(15)22-16/h5-10,14H,11H2,1-4H3. The Labute approximate surface area is 137 Å². The number of hydrogen-bond acceptors (Lipinski definition) is 3. The number of benzene rings is 2. The highest BCUT2D eigenvalue weighted by Gasteiger charge is 2.30. The molecule has 2 aromatic rings. The monoisotopic (exact) mass is 331 g/mol. The molecule has 0 bridgehead atoms.